The Morgan fingerprint density at radius 2 is 2.36 bits per heavy atom. The van der Waals surface area contributed by atoms with Gasteiger partial charge in [-0.1, -0.05) is 6.92 Å². The lowest BCUT2D eigenvalue weighted by Crippen LogP contribution is -2.25. The van der Waals surface area contributed by atoms with E-state index in [-0.39, 0.29) is 0 Å². The van der Waals surface area contributed by atoms with Gasteiger partial charge in [0, 0.05) is 18.4 Å². The number of nitrogens with two attached hydrogens (primary N) is 1. The Labute approximate surface area is 66.2 Å². The van der Waals surface area contributed by atoms with Crippen molar-refractivity contribution in [2.24, 2.45) is 5.92 Å². The molecule has 1 saturated carbocycles. The van der Waals surface area contributed by atoms with Crippen LogP contribution in [0.15, 0.2) is 12.4 Å². The Morgan fingerprint density at radius 3 is 2.82 bits per heavy atom. The van der Waals surface area contributed by atoms with Crippen LogP contribution in [-0.4, -0.2) is 9.55 Å². The van der Waals surface area contributed by atoms with E-state index < -0.39 is 0 Å². The summed E-state index contributed by atoms with van der Waals surface area (Å²) < 4.78 is 2.07. The van der Waals surface area contributed by atoms with E-state index >= 15 is 0 Å². The molecule has 0 aliphatic heterocycles. The van der Waals surface area contributed by atoms with E-state index in [0.29, 0.717) is 12.0 Å². The molecule has 3 heteroatoms. The third-order valence-corrected chi connectivity index (χ3v) is 2.44. The molecule has 11 heavy (non-hydrogen) atoms. The van der Waals surface area contributed by atoms with Crippen LogP contribution in [0.5, 0.6) is 0 Å². The Kier molecular flexibility index (Phi) is 1.37. The summed E-state index contributed by atoms with van der Waals surface area (Å²) in [5.41, 5.74) is 5.65. The van der Waals surface area contributed by atoms with Crippen LogP contribution in [0.3, 0.4) is 0 Å². The third-order valence-electron chi connectivity index (χ3n) is 2.44. The number of rotatable bonds is 1. The predicted molar refractivity (Wildman–Crippen MR) is 44.1 cm³/mol. The first kappa shape index (κ1) is 6.70. The van der Waals surface area contributed by atoms with Gasteiger partial charge in [0.05, 0.1) is 0 Å². The molecule has 0 amide bonds. The summed E-state index contributed by atoms with van der Waals surface area (Å²) in [6.45, 7) is 2.27. The zero-order valence-corrected chi connectivity index (χ0v) is 6.70. The van der Waals surface area contributed by atoms with E-state index in [9.17, 15) is 0 Å². The highest BCUT2D eigenvalue weighted by atomic mass is 15.2. The lowest BCUT2D eigenvalue weighted by molar-refractivity contribution is 0.218. The Hall–Kier alpha value is -0.990. The van der Waals surface area contributed by atoms with Gasteiger partial charge in [-0.15, -0.1) is 0 Å². The van der Waals surface area contributed by atoms with Crippen LogP contribution in [0.25, 0.3) is 0 Å². The van der Waals surface area contributed by atoms with E-state index in [4.69, 9.17) is 5.73 Å². The molecule has 2 N–H and O–H groups in total. The lowest BCUT2D eigenvalue weighted by Gasteiger charge is -2.33. The van der Waals surface area contributed by atoms with E-state index in [1.165, 1.54) is 12.8 Å². The summed E-state index contributed by atoms with van der Waals surface area (Å²) in [6.07, 6.45) is 6.23. The molecule has 2 rings (SSSR count). The summed E-state index contributed by atoms with van der Waals surface area (Å²) in [7, 11) is 0. The van der Waals surface area contributed by atoms with Gasteiger partial charge in [0.25, 0.3) is 0 Å². The first-order valence-electron chi connectivity index (χ1n) is 4.05. The number of aromatic nitrogens is 2. The van der Waals surface area contributed by atoms with Crippen molar-refractivity contribution in [2.75, 3.05) is 5.73 Å². The molecule has 1 aromatic rings. The molecule has 0 aromatic carbocycles. The maximum Gasteiger partial charge on any atom is 0.200 e. The molecular weight excluding hydrogens is 138 g/mol. The number of hydrogen-bond donors (Lipinski definition) is 1. The van der Waals surface area contributed by atoms with Gasteiger partial charge in [0.2, 0.25) is 0 Å². The van der Waals surface area contributed by atoms with Crippen LogP contribution in [0.1, 0.15) is 25.8 Å². The van der Waals surface area contributed by atoms with Crippen molar-refractivity contribution >= 4 is 5.95 Å². The first-order valence-corrected chi connectivity index (χ1v) is 4.05. The average molecular weight is 151 g/mol. The molecule has 60 valence electrons. The maximum absolute atomic E-state index is 5.65. The van der Waals surface area contributed by atoms with Crippen LogP contribution >= 0.6 is 0 Å². The minimum absolute atomic E-state index is 0.618. The summed E-state index contributed by atoms with van der Waals surface area (Å²) in [6, 6.07) is 0.618. The Morgan fingerprint density at radius 1 is 1.64 bits per heavy atom. The monoisotopic (exact) mass is 151 g/mol. The predicted octanol–water partition coefficient (Wildman–Crippen LogP) is 1.44. The third kappa shape index (κ3) is 1.00. The second-order valence-corrected chi connectivity index (χ2v) is 3.42. The quantitative estimate of drug-likeness (QED) is 0.660. The second-order valence-electron chi connectivity index (χ2n) is 3.42. The molecule has 0 saturated heterocycles. The smallest absolute Gasteiger partial charge is 0.200 e. The first-order chi connectivity index (χ1) is 5.27. The van der Waals surface area contributed by atoms with Crippen LogP contribution in [0.2, 0.25) is 0 Å². The topological polar surface area (TPSA) is 43.8 Å². The van der Waals surface area contributed by atoms with Gasteiger partial charge in [-0.2, -0.15) is 0 Å². The molecule has 1 heterocycles. The van der Waals surface area contributed by atoms with E-state index in [0.717, 1.165) is 5.92 Å². The molecule has 1 aliphatic carbocycles. The van der Waals surface area contributed by atoms with Gasteiger partial charge >= 0.3 is 0 Å². The number of nitrogens with zero attached hydrogens (tertiary/aromatic N) is 2. The SMILES string of the molecule is CC1CC(n2ccnc2N)C1. The summed E-state index contributed by atoms with van der Waals surface area (Å²) in [4.78, 5) is 3.99. The minimum atomic E-state index is 0.618. The molecule has 0 bridgehead atoms. The summed E-state index contributed by atoms with van der Waals surface area (Å²) in [5, 5.41) is 0. The van der Waals surface area contributed by atoms with Crippen molar-refractivity contribution in [1.29, 1.82) is 0 Å². The lowest BCUT2D eigenvalue weighted by atomic mass is 9.82. The van der Waals surface area contributed by atoms with Gasteiger partial charge in [-0.05, 0) is 18.8 Å². The standard InChI is InChI=1S/C8H13N3/c1-6-4-7(5-6)11-3-2-10-8(11)9/h2-3,6-7H,4-5H2,1H3,(H2,9,10). The highest BCUT2D eigenvalue weighted by Gasteiger charge is 2.27. The second kappa shape index (κ2) is 2.26. The molecule has 0 spiro atoms. The van der Waals surface area contributed by atoms with E-state index in [2.05, 4.69) is 16.5 Å². The van der Waals surface area contributed by atoms with Crippen molar-refractivity contribution in [3.05, 3.63) is 12.4 Å². The highest BCUT2D eigenvalue weighted by molar-refractivity contribution is 5.18. The average Bonchev–Trinajstić information content (AvgIpc) is 2.29. The molecule has 1 fully saturated rings. The van der Waals surface area contributed by atoms with Gasteiger partial charge in [-0.25, -0.2) is 4.98 Å². The van der Waals surface area contributed by atoms with Crippen molar-refractivity contribution in [3.8, 4) is 0 Å². The number of imidazole rings is 1. The zero-order chi connectivity index (χ0) is 7.84. The minimum Gasteiger partial charge on any atom is -0.369 e. The fourth-order valence-electron chi connectivity index (χ4n) is 1.72. The van der Waals surface area contributed by atoms with Crippen LogP contribution in [0.4, 0.5) is 5.95 Å². The molecule has 1 aromatic heterocycles. The summed E-state index contributed by atoms with van der Waals surface area (Å²) in [5.74, 6) is 1.52. The number of anilines is 1. The highest BCUT2D eigenvalue weighted by Crippen LogP contribution is 2.37. The Bertz CT molecular complexity index is 248. The van der Waals surface area contributed by atoms with Gasteiger partial charge in [-0.3, -0.25) is 0 Å². The molecule has 3 nitrogen and oxygen atoms in total. The molecular formula is C8H13N3. The normalized spacial score (nSPS) is 29.9. The van der Waals surface area contributed by atoms with E-state index in [1.807, 2.05) is 6.20 Å². The van der Waals surface area contributed by atoms with Gasteiger partial charge in [0.1, 0.15) is 0 Å². The van der Waals surface area contributed by atoms with Gasteiger partial charge in [0.15, 0.2) is 5.95 Å². The van der Waals surface area contributed by atoms with Crippen molar-refractivity contribution < 1.29 is 0 Å². The molecule has 0 unspecified atom stereocenters. The fourth-order valence-corrected chi connectivity index (χ4v) is 1.72. The molecule has 0 atom stereocenters. The van der Waals surface area contributed by atoms with Crippen molar-refractivity contribution in [3.63, 3.8) is 0 Å². The molecule has 1 aliphatic rings. The maximum atomic E-state index is 5.65. The van der Waals surface area contributed by atoms with Crippen LogP contribution < -0.4 is 5.73 Å². The van der Waals surface area contributed by atoms with Crippen LogP contribution in [0, 0.1) is 5.92 Å². The molecule has 0 radical (unpaired) electrons. The van der Waals surface area contributed by atoms with Crippen molar-refractivity contribution in [2.45, 2.75) is 25.8 Å². The van der Waals surface area contributed by atoms with Crippen molar-refractivity contribution in [1.82, 2.24) is 9.55 Å². The number of nitrogen functional groups attached to an aromatic ring is 1. The number of hydrogen-bond acceptors (Lipinski definition) is 2. The van der Waals surface area contributed by atoms with E-state index in [1.54, 1.807) is 6.20 Å². The van der Waals surface area contributed by atoms with Gasteiger partial charge < -0.3 is 10.3 Å². The Balaban J connectivity index is 2.12. The summed E-state index contributed by atoms with van der Waals surface area (Å²) >= 11 is 0. The largest absolute Gasteiger partial charge is 0.369 e. The van der Waals surface area contributed by atoms with Crippen LogP contribution in [-0.2, 0) is 0 Å². The fraction of sp³-hybridized carbons (Fsp3) is 0.625. The zero-order valence-electron chi connectivity index (χ0n) is 6.70.